The molecule has 0 unspecified atom stereocenters. The molecule has 3 rings (SSSR count). The summed E-state index contributed by atoms with van der Waals surface area (Å²) in [4.78, 5) is 0. The Labute approximate surface area is 139 Å². The van der Waals surface area contributed by atoms with Crippen molar-refractivity contribution in [2.75, 3.05) is 7.11 Å². The molecule has 0 aliphatic heterocycles. The van der Waals surface area contributed by atoms with E-state index in [-0.39, 0.29) is 16.7 Å². The van der Waals surface area contributed by atoms with Gasteiger partial charge >= 0.3 is 6.18 Å². The molecule has 0 amide bonds. The fourth-order valence-electron chi connectivity index (χ4n) is 2.04. The second-order valence-corrected chi connectivity index (χ2v) is 5.13. The first-order valence-corrected chi connectivity index (χ1v) is 6.98. The van der Waals surface area contributed by atoms with Crippen LogP contribution in [-0.2, 0) is 6.18 Å². The maximum Gasteiger partial charge on any atom is 0.416 e. The van der Waals surface area contributed by atoms with E-state index in [0.717, 1.165) is 18.2 Å². The average molecular weight is 356 g/mol. The van der Waals surface area contributed by atoms with Crippen LogP contribution in [0.4, 0.5) is 13.2 Å². The predicted octanol–water partition coefficient (Wildman–Crippen LogP) is 4.50. The highest BCUT2D eigenvalue weighted by atomic mass is 35.5. The molecule has 0 fully saturated rings. The molecule has 0 aliphatic carbocycles. The van der Waals surface area contributed by atoms with Gasteiger partial charge in [-0.2, -0.15) is 13.2 Å². The van der Waals surface area contributed by atoms with E-state index in [1.165, 1.54) is 7.11 Å². The number of ether oxygens (including phenoxy) is 2. The summed E-state index contributed by atoms with van der Waals surface area (Å²) >= 11 is 5.88. The average Bonchev–Trinajstić information content (AvgIpc) is 2.55. The molecule has 0 saturated heterocycles. The maximum absolute atomic E-state index is 12.7. The third-order valence-electron chi connectivity index (χ3n) is 3.17. The van der Waals surface area contributed by atoms with Gasteiger partial charge in [0.2, 0.25) is 5.88 Å². The van der Waals surface area contributed by atoms with E-state index in [1.807, 2.05) is 0 Å². The summed E-state index contributed by atoms with van der Waals surface area (Å²) < 4.78 is 48.6. The molecule has 0 saturated carbocycles. The quantitative estimate of drug-likeness (QED) is 0.692. The Morgan fingerprint density at radius 3 is 2.50 bits per heavy atom. The molecule has 124 valence electrons. The number of hydrogen-bond acceptors (Lipinski definition) is 5. The fourth-order valence-corrected chi connectivity index (χ4v) is 2.26. The Balaban J connectivity index is 1.95. The van der Waals surface area contributed by atoms with Crippen LogP contribution in [-0.4, -0.2) is 22.5 Å². The SMILES string of the molecule is COc1nnnc2ccc(Oc3ccc(C(F)(F)F)cc3Cl)cc12. The minimum absolute atomic E-state index is 0.0953. The van der Waals surface area contributed by atoms with Crippen LogP contribution in [0.1, 0.15) is 5.56 Å². The van der Waals surface area contributed by atoms with Gasteiger partial charge < -0.3 is 9.47 Å². The molecule has 0 atom stereocenters. The van der Waals surface area contributed by atoms with E-state index in [1.54, 1.807) is 18.2 Å². The van der Waals surface area contributed by atoms with Crippen LogP contribution in [0.5, 0.6) is 17.4 Å². The topological polar surface area (TPSA) is 57.1 Å². The molecule has 1 heterocycles. The molecule has 0 N–H and O–H groups in total. The first-order valence-electron chi connectivity index (χ1n) is 6.60. The Kier molecular flexibility index (Phi) is 4.15. The summed E-state index contributed by atoms with van der Waals surface area (Å²) in [5, 5.41) is 11.5. The highest BCUT2D eigenvalue weighted by Crippen LogP contribution is 2.37. The van der Waals surface area contributed by atoms with Gasteiger partial charge in [-0.25, -0.2) is 0 Å². The molecule has 9 heteroatoms. The van der Waals surface area contributed by atoms with E-state index < -0.39 is 11.7 Å². The first kappa shape index (κ1) is 16.3. The molecule has 0 bridgehead atoms. The van der Waals surface area contributed by atoms with Crippen molar-refractivity contribution in [3.63, 3.8) is 0 Å². The molecule has 5 nitrogen and oxygen atoms in total. The Bertz CT molecular complexity index is 903. The lowest BCUT2D eigenvalue weighted by molar-refractivity contribution is -0.137. The minimum Gasteiger partial charge on any atom is -0.479 e. The van der Waals surface area contributed by atoms with Crippen LogP contribution in [0.25, 0.3) is 10.9 Å². The van der Waals surface area contributed by atoms with E-state index in [4.69, 9.17) is 21.1 Å². The normalized spacial score (nSPS) is 11.5. The van der Waals surface area contributed by atoms with Gasteiger partial charge in [-0.3, -0.25) is 0 Å². The summed E-state index contributed by atoms with van der Waals surface area (Å²) in [6.07, 6.45) is -4.47. The van der Waals surface area contributed by atoms with Crippen LogP contribution in [0.2, 0.25) is 5.02 Å². The summed E-state index contributed by atoms with van der Waals surface area (Å²) in [6, 6.07) is 7.67. The number of hydrogen-bond donors (Lipinski definition) is 0. The molecule has 0 radical (unpaired) electrons. The largest absolute Gasteiger partial charge is 0.479 e. The van der Waals surface area contributed by atoms with Crippen molar-refractivity contribution in [2.45, 2.75) is 6.18 Å². The smallest absolute Gasteiger partial charge is 0.416 e. The third-order valence-corrected chi connectivity index (χ3v) is 3.46. The van der Waals surface area contributed by atoms with Gasteiger partial charge in [-0.1, -0.05) is 16.7 Å². The number of rotatable bonds is 3. The molecule has 2 aromatic carbocycles. The zero-order valence-corrected chi connectivity index (χ0v) is 12.9. The zero-order chi connectivity index (χ0) is 17.3. The Morgan fingerprint density at radius 1 is 1.04 bits per heavy atom. The minimum atomic E-state index is -4.47. The summed E-state index contributed by atoms with van der Waals surface area (Å²) in [5.41, 5.74) is -0.313. The van der Waals surface area contributed by atoms with E-state index >= 15 is 0 Å². The van der Waals surface area contributed by atoms with Crippen LogP contribution in [0, 0.1) is 0 Å². The van der Waals surface area contributed by atoms with E-state index in [2.05, 4.69) is 15.4 Å². The predicted molar refractivity (Wildman–Crippen MR) is 80.4 cm³/mol. The number of fused-ring (bicyclic) bond motifs is 1. The second-order valence-electron chi connectivity index (χ2n) is 4.72. The standard InChI is InChI=1S/C15H9ClF3N3O2/c1-23-14-10-7-9(3-4-12(10)20-22-21-14)24-13-5-2-8(6-11(13)16)15(17,18)19/h2-7H,1H3. The lowest BCUT2D eigenvalue weighted by Crippen LogP contribution is -2.04. The number of nitrogens with zero attached hydrogens (tertiary/aromatic N) is 3. The number of methoxy groups -OCH3 is 1. The third kappa shape index (κ3) is 3.18. The van der Waals surface area contributed by atoms with Crippen molar-refractivity contribution < 1.29 is 22.6 Å². The van der Waals surface area contributed by atoms with E-state index in [0.29, 0.717) is 16.7 Å². The Morgan fingerprint density at radius 2 is 1.83 bits per heavy atom. The van der Waals surface area contributed by atoms with Crippen LogP contribution >= 0.6 is 11.6 Å². The van der Waals surface area contributed by atoms with Crippen molar-refractivity contribution >= 4 is 22.5 Å². The molecule has 0 spiro atoms. The molecule has 0 aliphatic rings. The molecule has 3 aromatic rings. The van der Waals surface area contributed by atoms with Crippen LogP contribution < -0.4 is 9.47 Å². The lowest BCUT2D eigenvalue weighted by Gasteiger charge is -2.11. The number of aromatic nitrogens is 3. The number of alkyl halides is 3. The van der Waals surface area contributed by atoms with Crippen molar-refractivity contribution in [2.24, 2.45) is 0 Å². The Hall–Kier alpha value is -2.61. The number of benzene rings is 2. The van der Waals surface area contributed by atoms with Crippen LogP contribution in [0.3, 0.4) is 0 Å². The van der Waals surface area contributed by atoms with Crippen LogP contribution in [0.15, 0.2) is 36.4 Å². The van der Waals surface area contributed by atoms with E-state index in [9.17, 15) is 13.2 Å². The summed E-state index contributed by atoms with van der Waals surface area (Å²) in [6.45, 7) is 0. The maximum atomic E-state index is 12.7. The first-order chi connectivity index (χ1) is 11.4. The summed E-state index contributed by atoms with van der Waals surface area (Å²) in [7, 11) is 1.43. The fraction of sp³-hybridized carbons (Fsp3) is 0.133. The molecular weight excluding hydrogens is 347 g/mol. The van der Waals surface area contributed by atoms with Gasteiger partial charge in [0.1, 0.15) is 17.0 Å². The van der Waals surface area contributed by atoms with Crippen molar-refractivity contribution in [3.05, 3.63) is 47.0 Å². The molecule has 1 aromatic heterocycles. The van der Waals surface area contributed by atoms with Gasteiger partial charge in [-0.05, 0) is 41.6 Å². The molecular formula is C15H9ClF3N3O2. The molecule has 24 heavy (non-hydrogen) atoms. The van der Waals surface area contributed by atoms with Gasteiger partial charge in [0.25, 0.3) is 0 Å². The van der Waals surface area contributed by atoms with Gasteiger partial charge in [-0.15, -0.1) is 5.10 Å². The van der Waals surface area contributed by atoms with Gasteiger partial charge in [0, 0.05) is 0 Å². The second kappa shape index (κ2) is 6.12. The lowest BCUT2D eigenvalue weighted by atomic mass is 10.2. The highest BCUT2D eigenvalue weighted by molar-refractivity contribution is 6.32. The van der Waals surface area contributed by atoms with Gasteiger partial charge in [0.15, 0.2) is 0 Å². The highest BCUT2D eigenvalue weighted by Gasteiger charge is 2.31. The monoisotopic (exact) mass is 355 g/mol. The number of halogens is 4. The summed E-state index contributed by atoms with van der Waals surface area (Å²) in [5.74, 6) is 0.694. The van der Waals surface area contributed by atoms with Crippen molar-refractivity contribution in [1.29, 1.82) is 0 Å². The van der Waals surface area contributed by atoms with Gasteiger partial charge in [0.05, 0.1) is 23.1 Å². The van der Waals surface area contributed by atoms with Crippen molar-refractivity contribution in [1.82, 2.24) is 15.4 Å². The van der Waals surface area contributed by atoms with Crippen molar-refractivity contribution in [3.8, 4) is 17.4 Å². The zero-order valence-electron chi connectivity index (χ0n) is 12.1.